The summed E-state index contributed by atoms with van der Waals surface area (Å²) >= 11 is 0. The van der Waals surface area contributed by atoms with Crippen LogP contribution < -0.4 is 0 Å². The third-order valence-corrected chi connectivity index (χ3v) is 6.14. The fourth-order valence-electron chi connectivity index (χ4n) is 4.71. The Hall–Kier alpha value is -2.70. The lowest BCUT2D eigenvalue weighted by Gasteiger charge is -2.30. The van der Waals surface area contributed by atoms with Gasteiger partial charge in [0.2, 0.25) is 0 Å². The van der Waals surface area contributed by atoms with Crippen LogP contribution in [0.25, 0.3) is 0 Å². The van der Waals surface area contributed by atoms with Crippen LogP contribution in [0.4, 0.5) is 0 Å². The number of likely N-dealkylation sites (tertiary alicyclic amines) is 1. The molecule has 1 amide bonds. The number of ether oxygens (including phenoxy) is 1. The predicted octanol–water partition coefficient (Wildman–Crippen LogP) is 2.45. The van der Waals surface area contributed by atoms with E-state index in [4.69, 9.17) is 4.74 Å². The molecule has 0 N–H and O–H groups in total. The monoisotopic (exact) mass is 380 g/mol. The number of esters is 1. The SMILES string of the molecule is O=C1OC(C(=O)N2CCCC2c2nnc3n2CCCCC3)Cc2ccccc21. The van der Waals surface area contributed by atoms with Crippen molar-refractivity contribution < 1.29 is 14.3 Å². The highest BCUT2D eigenvalue weighted by atomic mass is 16.5. The van der Waals surface area contributed by atoms with E-state index in [9.17, 15) is 9.59 Å². The maximum absolute atomic E-state index is 13.3. The first kappa shape index (κ1) is 17.4. The molecular formula is C21H24N4O3. The van der Waals surface area contributed by atoms with Crippen LogP contribution in [-0.4, -0.2) is 44.2 Å². The normalized spacial score (nSPS) is 24.3. The molecular weight excluding hydrogens is 356 g/mol. The molecule has 0 radical (unpaired) electrons. The zero-order chi connectivity index (χ0) is 19.1. The number of aryl methyl sites for hydroxylation is 1. The zero-order valence-corrected chi connectivity index (χ0v) is 15.8. The van der Waals surface area contributed by atoms with Crippen LogP contribution in [0.1, 0.15) is 65.7 Å². The lowest BCUT2D eigenvalue weighted by Crippen LogP contribution is -2.44. The Morgan fingerprint density at radius 3 is 2.89 bits per heavy atom. The molecule has 0 spiro atoms. The lowest BCUT2D eigenvalue weighted by molar-refractivity contribution is -0.142. The molecule has 0 aliphatic carbocycles. The van der Waals surface area contributed by atoms with Crippen molar-refractivity contribution in [3.8, 4) is 0 Å². The fraction of sp³-hybridized carbons (Fsp3) is 0.524. The molecule has 2 unspecified atom stereocenters. The van der Waals surface area contributed by atoms with Gasteiger partial charge in [0, 0.05) is 25.9 Å². The number of carbonyl (C=O) groups excluding carboxylic acids is 2. The van der Waals surface area contributed by atoms with Crippen molar-refractivity contribution in [2.45, 2.75) is 63.6 Å². The van der Waals surface area contributed by atoms with Crippen LogP contribution in [0.2, 0.25) is 0 Å². The summed E-state index contributed by atoms with van der Waals surface area (Å²) in [5, 5.41) is 8.86. The summed E-state index contributed by atoms with van der Waals surface area (Å²) in [5.41, 5.74) is 1.44. The molecule has 4 heterocycles. The highest BCUT2D eigenvalue weighted by molar-refractivity contribution is 5.95. The summed E-state index contributed by atoms with van der Waals surface area (Å²) in [4.78, 5) is 27.5. The van der Waals surface area contributed by atoms with E-state index in [0.29, 0.717) is 18.5 Å². The zero-order valence-electron chi connectivity index (χ0n) is 15.8. The van der Waals surface area contributed by atoms with Crippen LogP contribution in [0.5, 0.6) is 0 Å². The molecule has 0 saturated carbocycles. The van der Waals surface area contributed by atoms with Crippen molar-refractivity contribution in [3.05, 3.63) is 47.0 Å². The Morgan fingerprint density at radius 2 is 1.96 bits per heavy atom. The van der Waals surface area contributed by atoms with Crippen LogP contribution >= 0.6 is 0 Å². The van der Waals surface area contributed by atoms with Gasteiger partial charge >= 0.3 is 5.97 Å². The van der Waals surface area contributed by atoms with Gasteiger partial charge < -0.3 is 14.2 Å². The van der Waals surface area contributed by atoms with Crippen LogP contribution in [0, 0.1) is 0 Å². The van der Waals surface area contributed by atoms with Crippen molar-refractivity contribution in [1.82, 2.24) is 19.7 Å². The van der Waals surface area contributed by atoms with Crippen molar-refractivity contribution in [2.24, 2.45) is 0 Å². The second-order valence-electron chi connectivity index (χ2n) is 7.88. The molecule has 2 atom stereocenters. The molecule has 1 saturated heterocycles. The minimum atomic E-state index is -0.755. The maximum Gasteiger partial charge on any atom is 0.339 e. The smallest absolute Gasteiger partial charge is 0.339 e. The highest BCUT2D eigenvalue weighted by Crippen LogP contribution is 2.34. The van der Waals surface area contributed by atoms with Crippen molar-refractivity contribution in [1.29, 1.82) is 0 Å². The minimum Gasteiger partial charge on any atom is -0.448 e. The van der Waals surface area contributed by atoms with Gasteiger partial charge in [0.15, 0.2) is 11.9 Å². The fourth-order valence-corrected chi connectivity index (χ4v) is 4.71. The number of hydrogen-bond donors (Lipinski definition) is 0. The van der Waals surface area contributed by atoms with E-state index in [1.165, 1.54) is 6.42 Å². The van der Waals surface area contributed by atoms with E-state index in [2.05, 4.69) is 14.8 Å². The largest absolute Gasteiger partial charge is 0.448 e. The molecule has 3 aliphatic heterocycles. The molecule has 2 aromatic rings. The minimum absolute atomic E-state index is 0.0808. The number of carbonyl (C=O) groups is 2. The number of fused-ring (bicyclic) bond motifs is 2. The number of benzene rings is 1. The topological polar surface area (TPSA) is 77.3 Å². The third-order valence-electron chi connectivity index (χ3n) is 6.14. The van der Waals surface area contributed by atoms with Gasteiger partial charge in [0.25, 0.3) is 5.91 Å². The maximum atomic E-state index is 13.3. The van der Waals surface area contributed by atoms with Gasteiger partial charge in [-0.25, -0.2) is 4.79 Å². The van der Waals surface area contributed by atoms with E-state index in [1.807, 2.05) is 23.1 Å². The number of cyclic esters (lactones) is 1. The third kappa shape index (κ3) is 2.89. The van der Waals surface area contributed by atoms with Gasteiger partial charge in [-0.05, 0) is 37.3 Å². The number of hydrogen-bond acceptors (Lipinski definition) is 5. The number of rotatable bonds is 2. The molecule has 1 aromatic heterocycles. The first-order valence-electron chi connectivity index (χ1n) is 10.2. The molecule has 1 fully saturated rings. The quantitative estimate of drug-likeness (QED) is 0.748. The van der Waals surface area contributed by atoms with Crippen LogP contribution in [-0.2, 0) is 28.9 Å². The van der Waals surface area contributed by atoms with Crippen molar-refractivity contribution >= 4 is 11.9 Å². The summed E-state index contributed by atoms with van der Waals surface area (Å²) in [5.74, 6) is 1.40. The van der Waals surface area contributed by atoms with Gasteiger partial charge in [-0.1, -0.05) is 24.6 Å². The van der Waals surface area contributed by atoms with Crippen LogP contribution in [0.3, 0.4) is 0 Å². The van der Waals surface area contributed by atoms with Gasteiger partial charge in [-0.2, -0.15) is 0 Å². The second-order valence-corrected chi connectivity index (χ2v) is 7.88. The molecule has 7 nitrogen and oxygen atoms in total. The van der Waals surface area contributed by atoms with Crippen molar-refractivity contribution in [3.63, 3.8) is 0 Å². The molecule has 5 rings (SSSR count). The Morgan fingerprint density at radius 1 is 1.07 bits per heavy atom. The van der Waals surface area contributed by atoms with E-state index < -0.39 is 12.1 Å². The van der Waals surface area contributed by atoms with E-state index in [0.717, 1.165) is 55.9 Å². The standard InChI is InChI=1S/C21H24N4O3/c26-20(17-13-14-7-3-4-8-15(14)21(27)28-17)24-12-6-9-16(24)19-23-22-18-10-2-1-5-11-25(18)19/h3-4,7-8,16-17H,1-2,5-6,9-13H2. The lowest BCUT2D eigenvalue weighted by atomic mass is 9.98. The summed E-state index contributed by atoms with van der Waals surface area (Å²) in [6, 6.07) is 7.28. The Balaban J connectivity index is 1.40. The Labute approximate surface area is 163 Å². The average Bonchev–Trinajstić information content (AvgIpc) is 3.28. The number of amides is 1. The van der Waals surface area contributed by atoms with E-state index in [1.54, 1.807) is 6.07 Å². The van der Waals surface area contributed by atoms with Gasteiger partial charge in [-0.15, -0.1) is 10.2 Å². The summed E-state index contributed by atoms with van der Waals surface area (Å²) in [6.45, 7) is 1.59. The Bertz CT molecular complexity index is 922. The van der Waals surface area contributed by atoms with Gasteiger partial charge in [0.1, 0.15) is 5.82 Å². The average molecular weight is 380 g/mol. The molecule has 3 aliphatic rings. The molecule has 0 bridgehead atoms. The molecule has 146 valence electrons. The summed E-state index contributed by atoms with van der Waals surface area (Å²) < 4.78 is 7.73. The van der Waals surface area contributed by atoms with Crippen LogP contribution in [0.15, 0.2) is 24.3 Å². The predicted molar refractivity (Wildman–Crippen MR) is 101 cm³/mol. The van der Waals surface area contributed by atoms with Gasteiger partial charge in [-0.3, -0.25) is 4.79 Å². The number of aromatic nitrogens is 3. The van der Waals surface area contributed by atoms with E-state index in [-0.39, 0.29) is 11.9 Å². The molecule has 28 heavy (non-hydrogen) atoms. The van der Waals surface area contributed by atoms with E-state index >= 15 is 0 Å². The summed E-state index contributed by atoms with van der Waals surface area (Å²) in [6.07, 6.45) is 5.89. The van der Waals surface area contributed by atoms with Crippen molar-refractivity contribution in [2.75, 3.05) is 6.54 Å². The Kier molecular flexibility index (Phi) is 4.37. The number of nitrogens with zero attached hydrogens (tertiary/aromatic N) is 4. The summed E-state index contributed by atoms with van der Waals surface area (Å²) in [7, 11) is 0. The highest BCUT2D eigenvalue weighted by Gasteiger charge is 2.40. The first-order valence-corrected chi connectivity index (χ1v) is 10.2. The first-order chi connectivity index (χ1) is 13.7. The van der Waals surface area contributed by atoms with Gasteiger partial charge in [0.05, 0.1) is 11.6 Å². The second kappa shape index (κ2) is 7.04. The molecule has 1 aromatic carbocycles. The molecule has 7 heteroatoms.